The molecule has 0 saturated heterocycles. The highest BCUT2D eigenvalue weighted by molar-refractivity contribution is 5.62. The van der Waals surface area contributed by atoms with Crippen molar-refractivity contribution < 1.29 is 15.0 Å². The second kappa shape index (κ2) is 16.6. The third-order valence-corrected chi connectivity index (χ3v) is 2.00. The first-order valence-corrected chi connectivity index (χ1v) is 6.10. The Bertz CT molecular complexity index is 161. The Morgan fingerprint density at radius 1 is 1.06 bits per heavy atom. The van der Waals surface area contributed by atoms with Gasteiger partial charge in [0.15, 0.2) is 0 Å². The zero-order chi connectivity index (χ0) is 12.6. The van der Waals surface area contributed by atoms with Crippen LogP contribution in [0.1, 0.15) is 58.8 Å². The van der Waals surface area contributed by atoms with Crippen molar-refractivity contribution in [3.8, 4) is 0 Å². The Hall–Kier alpha value is -0.830. The molecule has 0 aliphatic heterocycles. The van der Waals surface area contributed by atoms with Crippen molar-refractivity contribution in [2.75, 3.05) is 6.61 Å². The summed E-state index contributed by atoms with van der Waals surface area (Å²) in [5.41, 5.74) is 0. The van der Waals surface area contributed by atoms with Gasteiger partial charge in [-0.25, -0.2) is 0 Å². The maximum Gasteiger partial charge on any atom is 0.300 e. The SMILES string of the molecule is CC(=O)O.CCCCCCCCC=CCO. The van der Waals surface area contributed by atoms with E-state index in [1.807, 2.05) is 6.08 Å². The minimum absolute atomic E-state index is 0.190. The van der Waals surface area contributed by atoms with Gasteiger partial charge in [-0.05, 0) is 12.8 Å². The number of hydrogen-bond acceptors (Lipinski definition) is 2. The molecule has 0 spiro atoms. The van der Waals surface area contributed by atoms with Crippen LogP contribution in [0.5, 0.6) is 0 Å². The average molecular weight is 230 g/mol. The van der Waals surface area contributed by atoms with E-state index in [1.165, 1.54) is 38.5 Å². The fourth-order valence-electron chi connectivity index (χ4n) is 1.23. The molecular weight excluding hydrogens is 204 g/mol. The number of unbranched alkanes of at least 4 members (excludes halogenated alkanes) is 6. The first-order chi connectivity index (χ1) is 7.65. The van der Waals surface area contributed by atoms with Crippen LogP contribution >= 0.6 is 0 Å². The minimum atomic E-state index is -0.833. The summed E-state index contributed by atoms with van der Waals surface area (Å²) >= 11 is 0. The van der Waals surface area contributed by atoms with Gasteiger partial charge in [-0.15, -0.1) is 0 Å². The van der Waals surface area contributed by atoms with Gasteiger partial charge in [0, 0.05) is 6.92 Å². The number of hydrogen-bond donors (Lipinski definition) is 2. The molecule has 3 heteroatoms. The summed E-state index contributed by atoms with van der Waals surface area (Å²) in [6.45, 7) is 3.51. The van der Waals surface area contributed by atoms with Gasteiger partial charge in [0.1, 0.15) is 0 Å². The fourth-order valence-corrected chi connectivity index (χ4v) is 1.23. The molecule has 0 aliphatic rings. The van der Waals surface area contributed by atoms with E-state index >= 15 is 0 Å². The lowest BCUT2D eigenvalue weighted by molar-refractivity contribution is -0.134. The smallest absolute Gasteiger partial charge is 0.300 e. The van der Waals surface area contributed by atoms with Gasteiger partial charge in [-0.3, -0.25) is 4.79 Å². The zero-order valence-electron chi connectivity index (χ0n) is 10.6. The van der Waals surface area contributed by atoms with Crippen molar-refractivity contribution in [2.45, 2.75) is 58.8 Å². The second-order valence-electron chi connectivity index (χ2n) is 3.73. The summed E-state index contributed by atoms with van der Waals surface area (Å²) in [6, 6.07) is 0. The molecule has 0 heterocycles. The van der Waals surface area contributed by atoms with Crippen LogP contribution in [0.4, 0.5) is 0 Å². The van der Waals surface area contributed by atoms with Crippen LogP contribution in [0.3, 0.4) is 0 Å². The number of carboxylic acids is 1. The van der Waals surface area contributed by atoms with Crippen LogP contribution < -0.4 is 0 Å². The highest BCUT2D eigenvalue weighted by Gasteiger charge is 1.87. The quantitative estimate of drug-likeness (QED) is 0.496. The molecule has 0 bridgehead atoms. The molecule has 0 atom stereocenters. The molecule has 0 aliphatic carbocycles. The van der Waals surface area contributed by atoms with E-state index < -0.39 is 5.97 Å². The van der Waals surface area contributed by atoms with Crippen molar-refractivity contribution in [1.82, 2.24) is 0 Å². The van der Waals surface area contributed by atoms with Crippen molar-refractivity contribution in [3.63, 3.8) is 0 Å². The van der Waals surface area contributed by atoms with Gasteiger partial charge in [0.05, 0.1) is 6.61 Å². The Morgan fingerprint density at radius 3 is 2.06 bits per heavy atom. The summed E-state index contributed by atoms with van der Waals surface area (Å²) in [5.74, 6) is -0.833. The Balaban J connectivity index is 0. The predicted molar refractivity (Wildman–Crippen MR) is 67.5 cm³/mol. The molecule has 16 heavy (non-hydrogen) atoms. The minimum Gasteiger partial charge on any atom is -0.481 e. The number of allylic oxidation sites excluding steroid dienone is 1. The number of aliphatic carboxylic acids is 1. The van der Waals surface area contributed by atoms with Gasteiger partial charge in [0.2, 0.25) is 0 Å². The highest BCUT2D eigenvalue weighted by atomic mass is 16.4. The van der Waals surface area contributed by atoms with Crippen LogP contribution in [0.25, 0.3) is 0 Å². The largest absolute Gasteiger partial charge is 0.481 e. The van der Waals surface area contributed by atoms with Gasteiger partial charge in [-0.2, -0.15) is 0 Å². The summed E-state index contributed by atoms with van der Waals surface area (Å²) in [6.07, 6.45) is 13.1. The molecular formula is C13H26O3. The van der Waals surface area contributed by atoms with Gasteiger partial charge >= 0.3 is 0 Å². The zero-order valence-corrected chi connectivity index (χ0v) is 10.6. The summed E-state index contributed by atoms with van der Waals surface area (Å²) < 4.78 is 0. The van der Waals surface area contributed by atoms with Gasteiger partial charge < -0.3 is 10.2 Å². The molecule has 0 fully saturated rings. The van der Waals surface area contributed by atoms with E-state index in [0.29, 0.717) is 0 Å². The van der Waals surface area contributed by atoms with Crippen molar-refractivity contribution in [3.05, 3.63) is 12.2 Å². The van der Waals surface area contributed by atoms with Gasteiger partial charge in [0.25, 0.3) is 5.97 Å². The molecule has 0 aromatic heterocycles. The van der Waals surface area contributed by atoms with E-state index in [-0.39, 0.29) is 6.61 Å². The van der Waals surface area contributed by atoms with Crippen molar-refractivity contribution >= 4 is 5.97 Å². The van der Waals surface area contributed by atoms with Crippen molar-refractivity contribution in [2.24, 2.45) is 0 Å². The highest BCUT2D eigenvalue weighted by Crippen LogP contribution is 2.06. The molecule has 2 N–H and O–H groups in total. The number of rotatable bonds is 8. The second-order valence-corrected chi connectivity index (χ2v) is 3.73. The molecule has 0 radical (unpaired) electrons. The normalized spacial score (nSPS) is 9.94. The lowest BCUT2D eigenvalue weighted by Gasteiger charge is -1.97. The third-order valence-electron chi connectivity index (χ3n) is 2.00. The van der Waals surface area contributed by atoms with Crippen LogP contribution in [0.15, 0.2) is 12.2 Å². The molecule has 0 unspecified atom stereocenters. The van der Waals surface area contributed by atoms with Crippen LogP contribution in [0, 0.1) is 0 Å². The molecule has 0 amide bonds. The van der Waals surface area contributed by atoms with E-state index in [0.717, 1.165) is 13.3 Å². The third kappa shape index (κ3) is 29.2. The lowest BCUT2D eigenvalue weighted by Crippen LogP contribution is -1.78. The topological polar surface area (TPSA) is 57.5 Å². The molecule has 3 nitrogen and oxygen atoms in total. The molecule has 0 rings (SSSR count). The number of aliphatic hydroxyl groups excluding tert-OH is 1. The monoisotopic (exact) mass is 230 g/mol. The molecule has 96 valence electrons. The Kier molecular flexibility index (Phi) is 18.2. The maximum absolute atomic E-state index is 9.00. The van der Waals surface area contributed by atoms with E-state index in [4.69, 9.17) is 15.0 Å². The number of aliphatic hydroxyl groups is 1. The predicted octanol–water partition coefficient (Wildman–Crippen LogP) is 3.38. The standard InChI is InChI=1S/C11H22O.C2H4O2/c1-2-3-4-5-6-7-8-9-10-11-12;1-2(3)4/h9-10,12H,2-8,11H2,1H3;1H3,(H,3,4). The molecule has 0 aromatic carbocycles. The fraction of sp³-hybridized carbons (Fsp3) is 0.769. The average Bonchev–Trinajstić information content (AvgIpc) is 2.21. The van der Waals surface area contributed by atoms with Crippen LogP contribution in [0.2, 0.25) is 0 Å². The van der Waals surface area contributed by atoms with E-state index in [9.17, 15) is 0 Å². The Labute approximate surface area is 99.2 Å². The number of carboxylic acid groups (broad SMARTS) is 1. The Morgan fingerprint density at radius 2 is 1.56 bits per heavy atom. The maximum atomic E-state index is 9.00. The number of carbonyl (C=O) groups is 1. The van der Waals surface area contributed by atoms with Crippen LogP contribution in [-0.2, 0) is 4.79 Å². The van der Waals surface area contributed by atoms with E-state index in [1.54, 1.807) is 0 Å². The van der Waals surface area contributed by atoms with Crippen LogP contribution in [-0.4, -0.2) is 22.8 Å². The summed E-state index contributed by atoms with van der Waals surface area (Å²) in [5, 5.41) is 15.9. The van der Waals surface area contributed by atoms with E-state index in [2.05, 4.69) is 13.0 Å². The summed E-state index contributed by atoms with van der Waals surface area (Å²) in [4.78, 5) is 9.00. The lowest BCUT2D eigenvalue weighted by atomic mass is 10.1. The van der Waals surface area contributed by atoms with Gasteiger partial charge in [-0.1, -0.05) is 51.2 Å². The molecule has 0 aromatic rings. The summed E-state index contributed by atoms with van der Waals surface area (Å²) in [7, 11) is 0. The molecule has 0 saturated carbocycles. The first kappa shape index (κ1) is 17.6. The van der Waals surface area contributed by atoms with Crippen molar-refractivity contribution in [1.29, 1.82) is 0 Å². The first-order valence-electron chi connectivity index (χ1n) is 6.10.